The minimum atomic E-state index is 0.211. The van der Waals surface area contributed by atoms with Gasteiger partial charge in [-0.2, -0.15) is 0 Å². The number of piperazine rings is 1. The monoisotopic (exact) mass is 413 g/mol. The molecule has 1 aliphatic heterocycles. The molecule has 4 fully saturated rings. The summed E-state index contributed by atoms with van der Waals surface area (Å²) in [4.78, 5) is 17.7. The van der Waals surface area contributed by atoms with Crippen molar-refractivity contribution < 1.29 is 9.53 Å². The average molecular weight is 414 g/mol. The van der Waals surface area contributed by atoms with Gasteiger partial charge in [-0.3, -0.25) is 9.69 Å². The number of anilines is 1. The van der Waals surface area contributed by atoms with Gasteiger partial charge < -0.3 is 15.0 Å². The van der Waals surface area contributed by atoms with E-state index in [-0.39, 0.29) is 11.3 Å². The highest BCUT2D eigenvalue weighted by Crippen LogP contribution is 2.72. The van der Waals surface area contributed by atoms with Crippen LogP contribution in [0.25, 0.3) is 0 Å². The number of benzene rings is 1. The van der Waals surface area contributed by atoms with Crippen molar-refractivity contribution in [2.45, 2.75) is 46.5 Å². The maximum absolute atomic E-state index is 12.7. The van der Waals surface area contributed by atoms with Gasteiger partial charge in [-0.25, -0.2) is 0 Å². The second-order valence-electron chi connectivity index (χ2n) is 10.3. The molecule has 1 aromatic rings. The predicted octanol–water partition coefficient (Wildman–Crippen LogP) is 3.79. The summed E-state index contributed by atoms with van der Waals surface area (Å²) < 4.78 is 5.51. The summed E-state index contributed by atoms with van der Waals surface area (Å²) in [6.45, 7) is 13.2. The minimum absolute atomic E-state index is 0.211. The number of unbranched alkanes of at least 4 members (excludes halogenated alkanes) is 1. The van der Waals surface area contributed by atoms with Crippen LogP contribution in [0.4, 0.5) is 5.69 Å². The van der Waals surface area contributed by atoms with Crippen LogP contribution in [-0.4, -0.2) is 57.2 Å². The van der Waals surface area contributed by atoms with Crippen molar-refractivity contribution in [3.05, 3.63) is 24.3 Å². The molecule has 5 heteroatoms. The van der Waals surface area contributed by atoms with Crippen LogP contribution in [0.1, 0.15) is 46.5 Å². The van der Waals surface area contributed by atoms with E-state index in [4.69, 9.17) is 4.74 Å². The van der Waals surface area contributed by atoms with E-state index < -0.39 is 0 Å². The zero-order chi connectivity index (χ0) is 21.4. The van der Waals surface area contributed by atoms with Gasteiger partial charge >= 0.3 is 0 Å². The third-order valence-corrected chi connectivity index (χ3v) is 8.77. The van der Waals surface area contributed by atoms with Crippen LogP contribution in [0.15, 0.2) is 24.3 Å². The molecule has 5 nitrogen and oxygen atoms in total. The van der Waals surface area contributed by atoms with Gasteiger partial charge in [0.2, 0.25) is 5.91 Å². The Hall–Kier alpha value is -1.75. The van der Waals surface area contributed by atoms with E-state index in [1.54, 1.807) is 7.11 Å². The minimum Gasteiger partial charge on any atom is -0.495 e. The molecule has 5 rings (SSSR count). The second-order valence-corrected chi connectivity index (χ2v) is 10.3. The molecule has 3 atom stereocenters. The third kappa shape index (κ3) is 3.70. The Kier molecular flexibility index (Phi) is 6.02. The van der Waals surface area contributed by atoms with Gasteiger partial charge in [0.1, 0.15) is 5.75 Å². The lowest BCUT2D eigenvalue weighted by molar-refractivity contribution is -0.133. The number of rotatable bonds is 8. The van der Waals surface area contributed by atoms with Crippen LogP contribution in [0.3, 0.4) is 0 Å². The molecular weight excluding hydrogens is 374 g/mol. The Bertz CT molecular complexity index is 757. The van der Waals surface area contributed by atoms with Crippen LogP contribution in [0.2, 0.25) is 0 Å². The van der Waals surface area contributed by atoms with E-state index in [1.807, 2.05) is 12.1 Å². The SMILES string of the molecule is COc1ccccc1N1CCN(CCCCNC(=O)C2CC3CC2(C)C3(C)C)CC1. The smallest absolute Gasteiger partial charge is 0.223 e. The quantitative estimate of drug-likeness (QED) is 0.659. The highest BCUT2D eigenvalue weighted by Gasteiger charge is 2.68. The highest BCUT2D eigenvalue weighted by molar-refractivity contribution is 5.80. The molecule has 1 N–H and O–H groups in total. The zero-order valence-corrected chi connectivity index (χ0v) is 19.2. The predicted molar refractivity (Wildman–Crippen MR) is 122 cm³/mol. The molecule has 30 heavy (non-hydrogen) atoms. The molecule has 3 unspecified atom stereocenters. The summed E-state index contributed by atoms with van der Waals surface area (Å²) in [6, 6.07) is 8.28. The van der Waals surface area contributed by atoms with Gasteiger partial charge in [0.15, 0.2) is 0 Å². The average Bonchev–Trinajstić information content (AvgIpc) is 3.23. The van der Waals surface area contributed by atoms with Crippen LogP contribution in [0.5, 0.6) is 5.75 Å². The number of amides is 1. The van der Waals surface area contributed by atoms with Crippen LogP contribution >= 0.6 is 0 Å². The number of carbonyl (C=O) groups is 1. The summed E-state index contributed by atoms with van der Waals surface area (Å²) in [6.07, 6.45) is 4.53. The molecule has 1 aromatic carbocycles. The summed E-state index contributed by atoms with van der Waals surface area (Å²) in [7, 11) is 1.74. The van der Waals surface area contributed by atoms with Gasteiger partial charge in [0.25, 0.3) is 0 Å². The third-order valence-electron chi connectivity index (χ3n) is 8.77. The van der Waals surface area contributed by atoms with E-state index in [1.165, 1.54) is 12.1 Å². The lowest BCUT2D eigenvalue weighted by Crippen LogP contribution is -2.50. The van der Waals surface area contributed by atoms with E-state index >= 15 is 0 Å². The first-order chi connectivity index (χ1) is 14.4. The summed E-state index contributed by atoms with van der Waals surface area (Å²) in [5.41, 5.74) is 1.74. The maximum Gasteiger partial charge on any atom is 0.223 e. The molecule has 2 bridgehead atoms. The molecule has 4 aliphatic rings. The number of carbonyl (C=O) groups excluding carboxylic acids is 1. The van der Waals surface area contributed by atoms with E-state index in [2.05, 4.69) is 48.0 Å². The van der Waals surface area contributed by atoms with E-state index in [0.29, 0.717) is 11.3 Å². The number of nitrogens with zero attached hydrogens (tertiary/aromatic N) is 2. The molecule has 3 aliphatic carbocycles. The van der Waals surface area contributed by atoms with Crippen molar-refractivity contribution in [3.63, 3.8) is 0 Å². The number of para-hydroxylation sites is 2. The Morgan fingerprint density at radius 2 is 1.87 bits per heavy atom. The normalized spacial score (nSPS) is 30.1. The first-order valence-electron chi connectivity index (χ1n) is 11.7. The number of ether oxygens (including phenoxy) is 1. The molecule has 1 saturated heterocycles. The molecule has 166 valence electrons. The fourth-order valence-electron chi connectivity index (χ4n) is 6.17. The largest absolute Gasteiger partial charge is 0.495 e. The Morgan fingerprint density at radius 1 is 1.13 bits per heavy atom. The molecule has 0 spiro atoms. The molecule has 1 heterocycles. The topological polar surface area (TPSA) is 44.8 Å². The van der Waals surface area contributed by atoms with Crippen LogP contribution < -0.4 is 15.0 Å². The number of hydrogen-bond acceptors (Lipinski definition) is 4. The van der Waals surface area contributed by atoms with Gasteiger partial charge in [-0.05, 0) is 61.1 Å². The highest BCUT2D eigenvalue weighted by atomic mass is 16.5. The maximum atomic E-state index is 12.7. The summed E-state index contributed by atoms with van der Waals surface area (Å²) in [5.74, 6) is 2.23. The van der Waals surface area contributed by atoms with Gasteiger partial charge in [-0.15, -0.1) is 0 Å². The molecule has 1 amide bonds. The van der Waals surface area contributed by atoms with Crippen LogP contribution in [-0.2, 0) is 4.79 Å². The van der Waals surface area contributed by atoms with Crippen molar-refractivity contribution in [2.24, 2.45) is 22.7 Å². The second kappa shape index (κ2) is 8.41. The lowest BCUT2D eigenvalue weighted by Gasteiger charge is -2.54. The van der Waals surface area contributed by atoms with Gasteiger partial charge in [0.05, 0.1) is 12.8 Å². The molecule has 3 saturated carbocycles. The molecule has 0 aromatic heterocycles. The van der Waals surface area contributed by atoms with Crippen molar-refractivity contribution in [2.75, 3.05) is 51.3 Å². The van der Waals surface area contributed by atoms with Gasteiger partial charge in [-0.1, -0.05) is 32.9 Å². The molecule has 0 radical (unpaired) electrons. The number of methoxy groups -OCH3 is 1. The number of fused-ring (bicyclic) bond motifs is 1. The van der Waals surface area contributed by atoms with E-state index in [9.17, 15) is 4.79 Å². The fraction of sp³-hybridized carbons (Fsp3) is 0.720. The van der Waals surface area contributed by atoms with Crippen molar-refractivity contribution in [3.8, 4) is 5.75 Å². The fourth-order valence-corrected chi connectivity index (χ4v) is 6.17. The van der Waals surface area contributed by atoms with Crippen molar-refractivity contribution in [1.29, 1.82) is 0 Å². The van der Waals surface area contributed by atoms with Crippen molar-refractivity contribution in [1.82, 2.24) is 10.2 Å². The standard InChI is InChI=1S/C25H39N3O2/c1-24(2)19-17-20(25(24,3)18-19)23(29)26-11-7-8-12-27-13-15-28(16-14-27)21-9-5-6-10-22(21)30-4/h5-6,9-10,19-20H,7-8,11-18H2,1-4H3,(H,26,29). The van der Waals surface area contributed by atoms with E-state index in [0.717, 1.165) is 70.2 Å². The first-order valence-corrected chi connectivity index (χ1v) is 11.7. The van der Waals surface area contributed by atoms with Crippen LogP contribution in [0, 0.1) is 22.7 Å². The van der Waals surface area contributed by atoms with Gasteiger partial charge in [0, 0.05) is 38.6 Å². The zero-order valence-electron chi connectivity index (χ0n) is 19.2. The Balaban J connectivity index is 1.13. The summed E-state index contributed by atoms with van der Waals surface area (Å²) in [5, 5.41) is 3.24. The first kappa shape index (κ1) is 21.5. The summed E-state index contributed by atoms with van der Waals surface area (Å²) >= 11 is 0. The Morgan fingerprint density at radius 3 is 2.50 bits per heavy atom. The Labute approximate surface area is 182 Å². The van der Waals surface area contributed by atoms with Crippen molar-refractivity contribution >= 4 is 11.6 Å². The lowest BCUT2D eigenvalue weighted by atomic mass is 9.50. The number of nitrogens with one attached hydrogen (secondary N) is 1. The molecular formula is C25H39N3O2. The number of hydrogen-bond donors (Lipinski definition) is 1.